The van der Waals surface area contributed by atoms with Crippen molar-refractivity contribution in [3.8, 4) is 11.6 Å². The van der Waals surface area contributed by atoms with Crippen LogP contribution in [0.25, 0.3) is 22.6 Å². The topological polar surface area (TPSA) is 55.9 Å². The predicted molar refractivity (Wildman–Crippen MR) is 90.7 cm³/mol. The fraction of sp³-hybridized carbons (Fsp3) is 0.111. The Morgan fingerprint density at radius 1 is 1.13 bits per heavy atom. The van der Waals surface area contributed by atoms with E-state index in [1.165, 1.54) is 5.56 Å². The van der Waals surface area contributed by atoms with Crippen LogP contribution >= 0.6 is 0 Å². The van der Waals surface area contributed by atoms with E-state index in [2.05, 4.69) is 34.3 Å². The SMILES string of the molecule is Cc1cccc(Nc2cc3c(cn2)nc(-c2ccco2)n3C)c1. The van der Waals surface area contributed by atoms with Crippen molar-refractivity contribution in [3.63, 3.8) is 0 Å². The molecule has 0 saturated carbocycles. The number of nitrogens with zero attached hydrogens (tertiary/aromatic N) is 3. The average molecular weight is 304 g/mol. The Hall–Kier alpha value is -3.08. The van der Waals surface area contributed by atoms with Crippen molar-refractivity contribution in [3.05, 3.63) is 60.5 Å². The van der Waals surface area contributed by atoms with Gasteiger partial charge in [0.25, 0.3) is 0 Å². The molecule has 4 rings (SSSR count). The molecule has 0 bridgehead atoms. The Labute approximate surface area is 133 Å². The number of fused-ring (bicyclic) bond motifs is 1. The summed E-state index contributed by atoms with van der Waals surface area (Å²) in [6.07, 6.45) is 3.43. The molecule has 3 heterocycles. The van der Waals surface area contributed by atoms with Crippen LogP contribution in [0.3, 0.4) is 0 Å². The van der Waals surface area contributed by atoms with Crippen molar-refractivity contribution < 1.29 is 4.42 Å². The summed E-state index contributed by atoms with van der Waals surface area (Å²) >= 11 is 0. The number of pyridine rings is 1. The molecule has 0 amide bonds. The predicted octanol–water partition coefficient (Wildman–Crippen LogP) is 4.28. The molecular weight excluding hydrogens is 288 g/mol. The molecule has 5 heteroatoms. The molecule has 0 fully saturated rings. The molecule has 23 heavy (non-hydrogen) atoms. The van der Waals surface area contributed by atoms with E-state index in [1.54, 1.807) is 12.5 Å². The zero-order chi connectivity index (χ0) is 15.8. The second kappa shape index (κ2) is 5.28. The number of rotatable bonds is 3. The Morgan fingerprint density at radius 3 is 2.83 bits per heavy atom. The van der Waals surface area contributed by atoms with Gasteiger partial charge in [-0.2, -0.15) is 0 Å². The van der Waals surface area contributed by atoms with Crippen LogP contribution in [0.4, 0.5) is 11.5 Å². The van der Waals surface area contributed by atoms with E-state index < -0.39 is 0 Å². The number of benzene rings is 1. The van der Waals surface area contributed by atoms with Gasteiger partial charge in [-0.15, -0.1) is 0 Å². The van der Waals surface area contributed by atoms with Gasteiger partial charge < -0.3 is 14.3 Å². The van der Waals surface area contributed by atoms with Crippen molar-refractivity contribution in [1.29, 1.82) is 0 Å². The van der Waals surface area contributed by atoms with Crippen LogP contribution in [-0.2, 0) is 7.05 Å². The summed E-state index contributed by atoms with van der Waals surface area (Å²) < 4.78 is 7.46. The third-order valence-corrected chi connectivity index (χ3v) is 3.80. The van der Waals surface area contributed by atoms with Crippen molar-refractivity contribution in [2.45, 2.75) is 6.92 Å². The summed E-state index contributed by atoms with van der Waals surface area (Å²) in [6, 6.07) is 14.0. The fourth-order valence-corrected chi connectivity index (χ4v) is 2.66. The first-order chi connectivity index (χ1) is 11.2. The molecule has 0 atom stereocenters. The van der Waals surface area contributed by atoms with Gasteiger partial charge in [0.2, 0.25) is 0 Å². The molecule has 3 aromatic heterocycles. The van der Waals surface area contributed by atoms with E-state index >= 15 is 0 Å². The van der Waals surface area contributed by atoms with Crippen molar-refractivity contribution >= 4 is 22.5 Å². The largest absolute Gasteiger partial charge is 0.461 e. The van der Waals surface area contributed by atoms with Gasteiger partial charge in [0, 0.05) is 18.8 Å². The number of imidazole rings is 1. The second-order valence-corrected chi connectivity index (χ2v) is 5.52. The van der Waals surface area contributed by atoms with Crippen LogP contribution in [0.1, 0.15) is 5.56 Å². The van der Waals surface area contributed by atoms with Crippen LogP contribution in [0.15, 0.2) is 59.3 Å². The van der Waals surface area contributed by atoms with E-state index in [0.717, 1.165) is 34.1 Å². The van der Waals surface area contributed by atoms with Gasteiger partial charge in [0.05, 0.1) is 18.0 Å². The third-order valence-electron chi connectivity index (χ3n) is 3.80. The summed E-state index contributed by atoms with van der Waals surface area (Å²) in [6.45, 7) is 2.07. The lowest BCUT2D eigenvalue weighted by molar-refractivity contribution is 0.574. The lowest BCUT2D eigenvalue weighted by Gasteiger charge is -2.06. The molecular formula is C18H16N4O. The van der Waals surface area contributed by atoms with Crippen molar-refractivity contribution in [1.82, 2.24) is 14.5 Å². The Balaban J connectivity index is 1.74. The van der Waals surface area contributed by atoms with Gasteiger partial charge in [-0.1, -0.05) is 12.1 Å². The number of nitrogens with one attached hydrogen (secondary N) is 1. The van der Waals surface area contributed by atoms with Crippen molar-refractivity contribution in [2.24, 2.45) is 7.05 Å². The monoisotopic (exact) mass is 304 g/mol. The summed E-state index contributed by atoms with van der Waals surface area (Å²) in [5.41, 5.74) is 4.07. The number of anilines is 2. The van der Waals surface area contributed by atoms with Crippen LogP contribution in [-0.4, -0.2) is 14.5 Å². The Morgan fingerprint density at radius 2 is 2.04 bits per heavy atom. The maximum Gasteiger partial charge on any atom is 0.177 e. The molecule has 4 aromatic rings. The minimum atomic E-state index is 0.747. The number of furan rings is 1. The summed E-state index contributed by atoms with van der Waals surface area (Å²) in [5, 5.41) is 3.33. The molecule has 5 nitrogen and oxygen atoms in total. The minimum Gasteiger partial charge on any atom is -0.461 e. The van der Waals surface area contributed by atoms with Gasteiger partial charge in [0.1, 0.15) is 11.3 Å². The van der Waals surface area contributed by atoms with Gasteiger partial charge in [0.15, 0.2) is 11.6 Å². The zero-order valence-corrected chi connectivity index (χ0v) is 12.9. The first-order valence-corrected chi connectivity index (χ1v) is 7.41. The maximum atomic E-state index is 5.45. The van der Waals surface area contributed by atoms with Crippen LogP contribution < -0.4 is 5.32 Å². The van der Waals surface area contributed by atoms with Gasteiger partial charge >= 0.3 is 0 Å². The molecule has 0 unspecified atom stereocenters. The number of hydrogen-bond acceptors (Lipinski definition) is 4. The summed E-state index contributed by atoms with van der Waals surface area (Å²) in [7, 11) is 1.98. The van der Waals surface area contributed by atoms with Crippen LogP contribution in [0.2, 0.25) is 0 Å². The van der Waals surface area contributed by atoms with E-state index in [-0.39, 0.29) is 0 Å². The highest BCUT2D eigenvalue weighted by atomic mass is 16.3. The Bertz CT molecular complexity index is 970. The van der Waals surface area contributed by atoms with Gasteiger partial charge in [-0.25, -0.2) is 9.97 Å². The molecule has 0 aliphatic carbocycles. The fourth-order valence-electron chi connectivity index (χ4n) is 2.66. The maximum absolute atomic E-state index is 5.45. The molecule has 1 N–H and O–H groups in total. The highest BCUT2D eigenvalue weighted by Crippen LogP contribution is 2.26. The number of hydrogen-bond donors (Lipinski definition) is 1. The first-order valence-electron chi connectivity index (χ1n) is 7.41. The first kappa shape index (κ1) is 13.6. The zero-order valence-electron chi connectivity index (χ0n) is 12.9. The Kier molecular flexibility index (Phi) is 3.12. The van der Waals surface area contributed by atoms with Crippen molar-refractivity contribution in [2.75, 3.05) is 5.32 Å². The number of aromatic nitrogens is 3. The standard InChI is InChI=1S/C18H16N4O/c1-12-5-3-6-13(9-12)20-17-10-15-14(11-19-17)21-18(22(15)2)16-7-4-8-23-16/h3-11H,1-2H3,(H,19,20). The smallest absolute Gasteiger partial charge is 0.177 e. The second-order valence-electron chi connectivity index (χ2n) is 5.52. The molecule has 0 aliphatic rings. The molecule has 0 saturated heterocycles. The van der Waals surface area contributed by atoms with Crippen LogP contribution in [0.5, 0.6) is 0 Å². The molecule has 0 aliphatic heterocycles. The van der Waals surface area contributed by atoms with Gasteiger partial charge in [-0.05, 0) is 36.8 Å². The van der Waals surface area contributed by atoms with E-state index in [0.29, 0.717) is 0 Å². The number of aryl methyl sites for hydroxylation is 2. The lowest BCUT2D eigenvalue weighted by Crippen LogP contribution is -1.95. The van der Waals surface area contributed by atoms with E-state index in [9.17, 15) is 0 Å². The highest BCUT2D eigenvalue weighted by molar-refractivity contribution is 5.82. The lowest BCUT2D eigenvalue weighted by atomic mass is 10.2. The molecule has 0 radical (unpaired) electrons. The molecule has 114 valence electrons. The summed E-state index contributed by atoms with van der Waals surface area (Å²) in [5.74, 6) is 2.33. The average Bonchev–Trinajstić information content (AvgIpc) is 3.16. The molecule has 1 aromatic carbocycles. The third kappa shape index (κ3) is 2.46. The minimum absolute atomic E-state index is 0.747. The van der Waals surface area contributed by atoms with Gasteiger partial charge in [-0.3, -0.25) is 0 Å². The normalized spacial score (nSPS) is 11.0. The van der Waals surface area contributed by atoms with E-state index in [4.69, 9.17) is 4.42 Å². The van der Waals surface area contributed by atoms with E-state index in [1.807, 2.05) is 41.9 Å². The quantitative estimate of drug-likeness (QED) is 0.614. The highest BCUT2D eigenvalue weighted by Gasteiger charge is 2.13. The molecule has 0 spiro atoms. The summed E-state index contributed by atoms with van der Waals surface area (Å²) in [4.78, 5) is 9.05. The van der Waals surface area contributed by atoms with Crippen LogP contribution in [0, 0.1) is 6.92 Å².